The van der Waals surface area contributed by atoms with E-state index >= 15 is 0 Å². The molecule has 2 aromatic heterocycles. The normalized spacial score (nSPS) is 26.7. The van der Waals surface area contributed by atoms with Crippen molar-refractivity contribution in [3.05, 3.63) is 24.3 Å². The van der Waals surface area contributed by atoms with Gasteiger partial charge in [0.05, 0.1) is 12.9 Å². The molecular formula is C15H21N5O4. The maximum atomic E-state index is 10.2. The van der Waals surface area contributed by atoms with E-state index < -0.39 is 24.5 Å². The van der Waals surface area contributed by atoms with Gasteiger partial charge < -0.3 is 25.4 Å². The lowest BCUT2D eigenvalue weighted by molar-refractivity contribution is -0.0511. The summed E-state index contributed by atoms with van der Waals surface area (Å²) in [5, 5.41) is 32.4. The summed E-state index contributed by atoms with van der Waals surface area (Å²) in [6, 6.07) is 0. The molecule has 1 unspecified atom stereocenters. The molecule has 9 nitrogen and oxygen atoms in total. The van der Waals surface area contributed by atoms with Crippen LogP contribution in [0.25, 0.3) is 11.2 Å². The Morgan fingerprint density at radius 2 is 2.08 bits per heavy atom. The maximum absolute atomic E-state index is 10.2. The minimum Gasteiger partial charge on any atom is -0.394 e. The van der Waals surface area contributed by atoms with E-state index in [2.05, 4.69) is 20.3 Å². The first-order valence-corrected chi connectivity index (χ1v) is 7.70. The van der Waals surface area contributed by atoms with E-state index in [9.17, 15) is 15.3 Å². The zero-order chi connectivity index (χ0) is 17.3. The number of imidazole rings is 1. The summed E-state index contributed by atoms with van der Waals surface area (Å²) in [6.07, 6.45) is 0.823. The molecule has 0 spiro atoms. The average Bonchev–Trinajstić information content (AvgIpc) is 3.10. The number of ether oxygens (including phenoxy) is 1. The number of aromatic nitrogens is 4. The zero-order valence-electron chi connectivity index (χ0n) is 13.5. The third-order valence-electron chi connectivity index (χ3n) is 3.93. The van der Waals surface area contributed by atoms with E-state index in [1.165, 1.54) is 22.8 Å². The van der Waals surface area contributed by atoms with E-state index in [-0.39, 0.29) is 6.61 Å². The second-order valence-electron chi connectivity index (χ2n) is 5.94. The summed E-state index contributed by atoms with van der Waals surface area (Å²) >= 11 is 0. The molecule has 1 fully saturated rings. The van der Waals surface area contributed by atoms with Gasteiger partial charge in [-0.25, -0.2) is 15.0 Å². The van der Waals surface area contributed by atoms with Crippen molar-refractivity contribution in [3.63, 3.8) is 0 Å². The zero-order valence-corrected chi connectivity index (χ0v) is 13.5. The fourth-order valence-electron chi connectivity index (χ4n) is 2.63. The second kappa shape index (κ2) is 6.81. The van der Waals surface area contributed by atoms with Crippen LogP contribution in [0.15, 0.2) is 24.3 Å². The third-order valence-corrected chi connectivity index (χ3v) is 3.93. The minimum atomic E-state index is -1.18. The van der Waals surface area contributed by atoms with Crippen molar-refractivity contribution in [1.82, 2.24) is 19.5 Å². The Morgan fingerprint density at radius 3 is 2.75 bits per heavy atom. The Labute approximate surface area is 138 Å². The molecule has 130 valence electrons. The molecule has 2 aromatic rings. The van der Waals surface area contributed by atoms with Crippen molar-refractivity contribution >= 4 is 17.0 Å². The number of fused-ring (bicyclic) bond motifs is 1. The molecule has 1 aliphatic heterocycles. The van der Waals surface area contributed by atoms with Crippen LogP contribution < -0.4 is 5.32 Å². The van der Waals surface area contributed by atoms with Crippen LogP contribution in [-0.4, -0.2) is 66.3 Å². The topological polar surface area (TPSA) is 126 Å². The van der Waals surface area contributed by atoms with Crippen LogP contribution in [0, 0.1) is 0 Å². The molecule has 3 rings (SSSR count). The van der Waals surface area contributed by atoms with Crippen LogP contribution >= 0.6 is 0 Å². The minimum absolute atomic E-state index is 0.383. The number of aliphatic hydroxyl groups excluding tert-OH is 3. The van der Waals surface area contributed by atoms with Crippen molar-refractivity contribution in [2.24, 2.45) is 0 Å². The number of nitrogens with one attached hydrogen (secondary N) is 1. The first-order valence-electron chi connectivity index (χ1n) is 7.70. The lowest BCUT2D eigenvalue weighted by Gasteiger charge is -2.16. The Balaban J connectivity index is 1.90. The van der Waals surface area contributed by atoms with E-state index in [4.69, 9.17) is 4.74 Å². The molecule has 24 heavy (non-hydrogen) atoms. The molecule has 1 saturated heterocycles. The van der Waals surface area contributed by atoms with Gasteiger partial charge in [0.25, 0.3) is 0 Å². The van der Waals surface area contributed by atoms with Gasteiger partial charge in [0.15, 0.2) is 23.2 Å². The number of aliphatic hydroxyl groups is 3. The second-order valence-corrected chi connectivity index (χ2v) is 5.94. The fraction of sp³-hybridized carbons (Fsp3) is 0.533. The Bertz CT molecular complexity index is 743. The molecule has 3 heterocycles. The molecule has 4 N–H and O–H groups in total. The first-order chi connectivity index (χ1) is 11.5. The average molecular weight is 335 g/mol. The lowest BCUT2D eigenvalue weighted by Crippen LogP contribution is -2.33. The maximum Gasteiger partial charge on any atom is 0.167 e. The molecule has 4 atom stereocenters. The largest absolute Gasteiger partial charge is 0.394 e. The highest BCUT2D eigenvalue weighted by Crippen LogP contribution is 2.31. The van der Waals surface area contributed by atoms with Crippen LogP contribution in [0.2, 0.25) is 0 Å². The van der Waals surface area contributed by atoms with Gasteiger partial charge in [-0.3, -0.25) is 4.57 Å². The smallest absolute Gasteiger partial charge is 0.167 e. The number of allylic oxidation sites excluding steroid dienone is 1. The molecule has 0 aliphatic carbocycles. The number of hydrogen-bond acceptors (Lipinski definition) is 8. The van der Waals surface area contributed by atoms with Crippen molar-refractivity contribution < 1.29 is 20.1 Å². The first kappa shape index (κ1) is 16.8. The van der Waals surface area contributed by atoms with Gasteiger partial charge in [0.2, 0.25) is 0 Å². The van der Waals surface area contributed by atoms with E-state index in [0.29, 0.717) is 23.5 Å². The Kier molecular flexibility index (Phi) is 4.76. The van der Waals surface area contributed by atoms with Crippen LogP contribution in [0.3, 0.4) is 0 Å². The van der Waals surface area contributed by atoms with Crippen LogP contribution in [0.4, 0.5) is 5.82 Å². The number of hydrogen-bond donors (Lipinski definition) is 4. The lowest BCUT2D eigenvalue weighted by atomic mass is 10.1. The summed E-state index contributed by atoms with van der Waals surface area (Å²) in [5.41, 5.74) is 2.20. The molecule has 0 radical (unpaired) electrons. The molecule has 0 aromatic carbocycles. The van der Waals surface area contributed by atoms with Crippen molar-refractivity contribution in [1.29, 1.82) is 0 Å². The number of rotatable bonds is 5. The van der Waals surface area contributed by atoms with Crippen LogP contribution in [0.1, 0.15) is 20.1 Å². The summed E-state index contributed by atoms with van der Waals surface area (Å²) in [4.78, 5) is 12.7. The fourth-order valence-corrected chi connectivity index (χ4v) is 2.63. The molecule has 0 saturated carbocycles. The van der Waals surface area contributed by atoms with Crippen LogP contribution in [0.5, 0.6) is 0 Å². The standard InChI is InChI=1S/C15H21N5O4/c1-8(2)3-4-16-13-10-14(18-6-17-13)20(7-19-10)15-12(23)11(22)9(5-21)24-15/h3,6-7,9,11-12,15,21-23H,4-5H2,1-2H3,(H,16,17,18)/t9-,11-,12?,15-/m1/s1. The van der Waals surface area contributed by atoms with E-state index in [1.807, 2.05) is 19.9 Å². The van der Waals surface area contributed by atoms with Gasteiger partial charge in [0.1, 0.15) is 24.6 Å². The third kappa shape index (κ3) is 2.98. The van der Waals surface area contributed by atoms with E-state index in [0.717, 1.165) is 0 Å². The molecular weight excluding hydrogens is 314 g/mol. The van der Waals surface area contributed by atoms with Gasteiger partial charge >= 0.3 is 0 Å². The van der Waals surface area contributed by atoms with Gasteiger partial charge in [0, 0.05) is 6.54 Å². The molecule has 0 amide bonds. The van der Waals surface area contributed by atoms with E-state index in [1.54, 1.807) is 0 Å². The quantitative estimate of drug-likeness (QED) is 0.554. The monoisotopic (exact) mass is 335 g/mol. The van der Waals surface area contributed by atoms with Crippen molar-refractivity contribution in [3.8, 4) is 0 Å². The highest BCUT2D eigenvalue weighted by atomic mass is 16.6. The summed E-state index contributed by atoms with van der Waals surface area (Å²) < 4.78 is 7.06. The van der Waals surface area contributed by atoms with Crippen molar-refractivity contribution in [2.75, 3.05) is 18.5 Å². The number of nitrogens with zero attached hydrogens (tertiary/aromatic N) is 4. The van der Waals surface area contributed by atoms with Crippen molar-refractivity contribution in [2.45, 2.75) is 38.4 Å². The Morgan fingerprint density at radius 1 is 1.29 bits per heavy atom. The predicted octanol–water partition coefficient (Wildman–Crippen LogP) is -0.184. The van der Waals surface area contributed by atoms with Gasteiger partial charge in [-0.1, -0.05) is 11.6 Å². The van der Waals surface area contributed by atoms with Gasteiger partial charge in [-0.15, -0.1) is 0 Å². The SMILES string of the molecule is CC(C)=CCNc1ncnc2c1ncn2[C@@H]1O[C@H](CO)[C@@H](O)C1O. The number of anilines is 1. The molecule has 0 bridgehead atoms. The Hall–Kier alpha value is -2.07. The molecule has 1 aliphatic rings. The van der Waals surface area contributed by atoms with Crippen LogP contribution in [-0.2, 0) is 4.74 Å². The van der Waals surface area contributed by atoms with Gasteiger partial charge in [-0.2, -0.15) is 0 Å². The summed E-state index contributed by atoms with van der Waals surface area (Å²) in [7, 11) is 0. The predicted molar refractivity (Wildman–Crippen MR) is 86.3 cm³/mol. The summed E-state index contributed by atoms with van der Waals surface area (Å²) in [6.45, 7) is 4.24. The highest BCUT2D eigenvalue weighted by molar-refractivity contribution is 5.82. The molecule has 9 heteroatoms. The summed E-state index contributed by atoms with van der Waals surface area (Å²) in [5.74, 6) is 0.572. The highest BCUT2D eigenvalue weighted by Gasteiger charge is 2.43. The van der Waals surface area contributed by atoms with Gasteiger partial charge in [-0.05, 0) is 13.8 Å².